The van der Waals surface area contributed by atoms with Crippen LogP contribution in [-0.4, -0.2) is 25.2 Å². The number of carbonyl (C=O) groups excluding carboxylic acids is 1. The Bertz CT molecular complexity index is 525. The van der Waals surface area contributed by atoms with Gasteiger partial charge in [0.2, 0.25) is 0 Å². The zero-order valence-electron chi connectivity index (χ0n) is 15.6. The van der Waals surface area contributed by atoms with Crippen molar-refractivity contribution < 1.29 is 14.3 Å². The maximum atomic E-state index is 12.4. The van der Waals surface area contributed by atoms with Gasteiger partial charge in [0.25, 0.3) is 5.91 Å². The van der Waals surface area contributed by atoms with Gasteiger partial charge in [-0.05, 0) is 68.2 Å². The predicted molar refractivity (Wildman–Crippen MR) is 96.4 cm³/mol. The zero-order chi connectivity index (χ0) is 17.7. The summed E-state index contributed by atoms with van der Waals surface area (Å²) in [6.07, 6.45) is 3.98. The number of amides is 1. The molecule has 4 heteroatoms. The van der Waals surface area contributed by atoms with Gasteiger partial charge < -0.3 is 14.8 Å². The Labute approximate surface area is 145 Å². The van der Waals surface area contributed by atoms with Gasteiger partial charge in [0.1, 0.15) is 11.5 Å². The highest BCUT2D eigenvalue weighted by molar-refractivity contribution is 5.81. The monoisotopic (exact) mass is 333 g/mol. The number of benzene rings is 1. The van der Waals surface area contributed by atoms with E-state index in [0.717, 1.165) is 24.5 Å². The van der Waals surface area contributed by atoms with E-state index in [1.165, 1.54) is 12.8 Å². The van der Waals surface area contributed by atoms with Gasteiger partial charge in [-0.25, -0.2) is 0 Å². The second kappa shape index (κ2) is 7.91. The second-order valence-electron chi connectivity index (χ2n) is 7.86. The Morgan fingerprint density at radius 1 is 1.08 bits per heavy atom. The molecule has 24 heavy (non-hydrogen) atoms. The van der Waals surface area contributed by atoms with E-state index in [2.05, 4.69) is 26.1 Å². The largest absolute Gasteiger partial charge is 0.497 e. The van der Waals surface area contributed by atoms with E-state index in [1.54, 1.807) is 14.0 Å². The normalized spacial score (nSPS) is 22.5. The fraction of sp³-hybridized carbons (Fsp3) is 0.650. The molecule has 2 rings (SSSR count). The molecule has 0 bridgehead atoms. The van der Waals surface area contributed by atoms with Crippen LogP contribution in [-0.2, 0) is 4.79 Å². The van der Waals surface area contributed by atoms with Gasteiger partial charge in [0, 0.05) is 6.04 Å². The van der Waals surface area contributed by atoms with Crippen LogP contribution in [0.3, 0.4) is 0 Å². The van der Waals surface area contributed by atoms with Crippen LogP contribution in [0.2, 0.25) is 0 Å². The summed E-state index contributed by atoms with van der Waals surface area (Å²) in [6, 6.07) is 7.56. The average molecular weight is 333 g/mol. The minimum absolute atomic E-state index is 0.0370. The zero-order valence-corrected chi connectivity index (χ0v) is 15.6. The van der Waals surface area contributed by atoms with Crippen molar-refractivity contribution in [1.29, 1.82) is 0 Å². The molecule has 0 spiro atoms. The molecule has 1 amide bonds. The summed E-state index contributed by atoms with van der Waals surface area (Å²) in [5.74, 6) is 2.16. The first-order chi connectivity index (χ1) is 11.3. The number of carbonyl (C=O) groups is 1. The van der Waals surface area contributed by atoms with Crippen LogP contribution < -0.4 is 14.8 Å². The molecule has 1 atom stereocenters. The molecule has 0 saturated heterocycles. The Morgan fingerprint density at radius 3 is 2.12 bits per heavy atom. The number of rotatable bonds is 5. The molecule has 1 unspecified atom stereocenters. The van der Waals surface area contributed by atoms with Crippen LogP contribution >= 0.6 is 0 Å². The summed E-state index contributed by atoms with van der Waals surface area (Å²) < 4.78 is 10.8. The SMILES string of the molecule is COc1ccc(OC(C)C(=O)NC2CCC(C(C)(C)C)CC2)cc1. The van der Waals surface area contributed by atoms with Gasteiger partial charge >= 0.3 is 0 Å². The van der Waals surface area contributed by atoms with Gasteiger partial charge in [-0.3, -0.25) is 4.79 Å². The summed E-state index contributed by atoms with van der Waals surface area (Å²) in [6.45, 7) is 8.71. The molecule has 1 N–H and O–H groups in total. The van der Waals surface area contributed by atoms with Crippen molar-refractivity contribution in [2.24, 2.45) is 11.3 Å². The average Bonchev–Trinajstić information content (AvgIpc) is 2.55. The van der Waals surface area contributed by atoms with Gasteiger partial charge in [0.15, 0.2) is 6.10 Å². The highest BCUT2D eigenvalue weighted by Gasteiger charge is 2.30. The van der Waals surface area contributed by atoms with Crippen molar-refractivity contribution in [3.8, 4) is 11.5 Å². The summed E-state index contributed by atoms with van der Waals surface area (Å²) in [4.78, 5) is 12.4. The first-order valence-electron chi connectivity index (χ1n) is 8.90. The summed E-state index contributed by atoms with van der Waals surface area (Å²) in [5.41, 5.74) is 0.361. The number of ether oxygens (including phenoxy) is 2. The lowest BCUT2D eigenvalue weighted by Crippen LogP contribution is -2.44. The molecular weight excluding hydrogens is 302 g/mol. The molecule has 0 radical (unpaired) electrons. The number of hydrogen-bond donors (Lipinski definition) is 1. The topological polar surface area (TPSA) is 47.6 Å². The van der Waals surface area contributed by atoms with E-state index in [-0.39, 0.29) is 11.9 Å². The fourth-order valence-corrected chi connectivity index (χ4v) is 3.33. The molecule has 1 aliphatic rings. The van der Waals surface area contributed by atoms with Crippen molar-refractivity contribution in [3.05, 3.63) is 24.3 Å². The Balaban J connectivity index is 1.79. The molecule has 1 aromatic carbocycles. The highest BCUT2D eigenvalue weighted by Crippen LogP contribution is 2.37. The molecule has 0 aliphatic heterocycles. The van der Waals surface area contributed by atoms with E-state index in [4.69, 9.17) is 9.47 Å². The van der Waals surface area contributed by atoms with Crippen LogP contribution in [0.5, 0.6) is 11.5 Å². The number of hydrogen-bond acceptors (Lipinski definition) is 3. The molecule has 1 aromatic rings. The third-order valence-electron chi connectivity index (χ3n) is 5.04. The van der Waals surface area contributed by atoms with Crippen molar-refractivity contribution in [1.82, 2.24) is 5.32 Å². The van der Waals surface area contributed by atoms with Crippen LogP contribution in [0.1, 0.15) is 53.4 Å². The van der Waals surface area contributed by atoms with E-state index in [0.29, 0.717) is 11.2 Å². The molecule has 134 valence electrons. The third-order valence-corrected chi connectivity index (χ3v) is 5.04. The second-order valence-corrected chi connectivity index (χ2v) is 7.86. The molecule has 0 heterocycles. The molecule has 0 aromatic heterocycles. The van der Waals surface area contributed by atoms with E-state index >= 15 is 0 Å². The summed E-state index contributed by atoms with van der Waals surface area (Å²) in [5, 5.41) is 3.14. The van der Waals surface area contributed by atoms with E-state index in [1.807, 2.05) is 24.3 Å². The lowest BCUT2D eigenvalue weighted by atomic mass is 9.71. The standard InChI is InChI=1S/C20H31NO3/c1-14(24-18-12-10-17(23-5)11-13-18)19(22)21-16-8-6-15(7-9-16)20(2,3)4/h10-16H,6-9H2,1-5H3,(H,21,22). The maximum absolute atomic E-state index is 12.4. The summed E-state index contributed by atoms with van der Waals surface area (Å²) >= 11 is 0. The Hall–Kier alpha value is -1.71. The van der Waals surface area contributed by atoms with Crippen LogP contribution in [0.15, 0.2) is 24.3 Å². The van der Waals surface area contributed by atoms with Crippen molar-refractivity contribution in [2.75, 3.05) is 7.11 Å². The number of methoxy groups -OCH3 is 1. The first kappa shape index (κ1) is 18.6. The maximum Gasteiger partial charge on any atom is 0.260 e. The molecular formula is C20H31NO3. The van der Waals surface area contributed by atoms with E-state index in [9.17, 15) is 4.79 Å². The third kappa shape index (κ3) is 5.15. The van der Waals surface area contributed by atoms with Crippen molar-refractivity contribution >= 4 is 5.91 Å². The molecule has 4 nitrogen and oxygen atoms in total. The predicted octanol–water partition coefficient (Wildman–Crippen LogP) is 4.18. The van der Waals surface area contributed by atoms with Gasteiger partial charge in [-0.1, -0.05) is 20.8 Å². The van der Waals surface area contributed by atoms with Crippen LogP contribution in [0, 0.1) is 11.3 Å². The van der Waals surface area contributed by atoms with Crippen molar-refractivity contribution in [3.63, 3.8) is 0 Å². The first-order valence-corrected chi connectivity index (χ1v) is 8.90. The lowest BCUT2D eigenvalue weighted by molar-refractivity contribution is -0.128. The Kier molecular flexibility index (Phi) is 6.14. The highest BCUT2D eigenvalue weighted by atomic mass is 16.5. The van der Waals surface area contributed by atoms with E-state index < -0.39 is 6.10 Å². The molecule has 1 saturated carbocycles. The summed E-state index contributed by atoms with van der Waals surface area (Å²) in [7, 11) is 1.63. The smallest absolute Gasteiger partial charge is 0.260 e. The van der Waals surface area contributed by atoms with Crippen LogP contribution in [0.25, 0.3) is 0 Å². The lowest BCUT2D eigenvalue weighted by Gasteiger charge is -2.37. The fourth-order valence-electron chi connectivity index (χ4n) is 3.33. The minimum atomic E-state index is -0.501. The minimum Gasteiger partial charge on any atom is -0.497 e. The van der Waals surface area contributed by atoms with Gasteiger partial charge in [-0.15, -0.1) is 0 Å². The molecule has 1 fully saturated rings. The number of nitrogens with one attached hydrogen (secondary N) is 1. The van der Waals surface area contributed by atoms with Crippen molar-refractivity contribution in [2.45, 2.75) is 65.5 Å². The Morgan fingerprint density at radius 2 is 1.62 bits per heavy atom. The quantitative estimate of drug-likeness (QED) is 0.879. The molecule has 1 aliphatic carbocycles. The van der Waals surface area contributed by atoms with Gasteiger partial charge in [-0.2, -0.15) is 0 Å². The van der Waals surface area contributed by atoms with Gasteiger partial charge in [0.05, 0.1) is 7.11 Å². The van der Waals surface area contributed by atoms with Crippen LogP contribution in [0.4, 0.5) is 0 Å².